The average Bonchev–Trinajstić information content (AvgIpc) is 2.54. The first-order valence-electron chi connectivity index (χ1n) is 6.72. The van der Waals surface area contributed by atoms with E-state index in [2.05, 4.69) is 17.2 Å². The molecule has 2 rings (SSSR count). The van der Waals surface area contributed by atoms with E-state index in [-0.39, 0.29) is 0 Å². The van der Waals surface area contributed by atoms with Crippen molar-refractivity contribution in [2.45, 2.75) is 57.9 Å². The first-order chi connectivity index (χ1) is 8.29. The Morgan fingerprint density at radius 3 is 2.65 bits per heavy atom. The Morgan fingerprint density at radius 1 is 1.29 bits per heavy atom. The molecular weight excluding hydrogens is 230 g/mol. The lowest BCUT2D eigenvalue weighted by Gasteiger charge is -2.14. The van der Waals surface area contributed by atoms with Crippen molar-refractivity contribution in [2.75, 3.05) is 11.9 Å². The number of nitrogens with one attached hydrogen (secondary N) is 1. The van der Waals surface area contributed by atoms with Crippen LogP contribution >= 0.6 is 11.3 Å². The normalized spacial score (nSPS) is 18.0. The van der Waals surface area contributed by atoms with Crippen LogP contribution in [0, 0.1) is 6.92 Å². The number of thiazole rings is 1. The Balaban J connectivity index is 1.95. The highest BCUT2D eigenvalue weighted by Crippen LogP contribution is 2.26. The lowest BCUT2D eigenvalue weighted by atomic mass is 10.1. The molecule has 0 aromatic carbocycles. The number of hydrogen-bond acceptors (Lipinski definition) is 4. The van der Waals surface area contributed by atoms with Gasteiger partial charge in [0.1, 0.15) is 0 Å². The molecule has 3 N–H and O–H groups in total. The first kappa shape index (κ1) is 12.8. The lowest BCUT2D eigenvalue weighted by Crippen LogP contribution is -2.17. The number of nitrogens with two attached hydrogens (primary N) is 1. The second kappa shape index (κ2) is 6.36. The molecule has 3 nitrogen and oxygen atoms in total. The third-order valence-electron chi connectivity index (χ3n) is 3.45. The fourth-order valence-electron chi connectivity index (χ4n) is 2.45. The molecular formula is C13H23N3S. The first-order valence-corrected chi connectivity index (χ1v) is 7.54. The number of nitrogens with zero attached hydrogens (tertiary/aromatic N) is 1. The quantitative estimate of drug-likeness (QED) is 0.811. The summed E-state index contributed by atoms with van der Waals surface area (Å²) in [6.07, 6.45) is 9.06. The summed E-state index contributed by atoms with van der Waals surface area (Å²) in [6, 6.07) is 0.633. The van der Waals surface area contributed by atoms with Gasteiger partial charge in [-0.15, -0.1) is 11.3 Å². The van der Waals surface area contributed by atoms with E-state index in [1.807, 2.05) is 0 Å². The summed E-state index contributed by atoms with van der Waals surface area (Å²) in [7, 11) is 0. The lowest BCUT2D eigenvalue weighted by molar-refractivity contribution is 0.619. The summed E-state index contributed by atoms with van der Waals surface area (Å²) in [6.45, 7) is 2.80. The van der Waals surface area contributed by atoms with Crippen LogP contribution in [0.25, 0.3) is 0 Å². The molecule has 96 valence electrons. The topological polar surface area (TPSA) is 50.9 Å². The second-order valence-electron chi connectivity index (χ2n) is 4.90. The number of aromatic nitrogens is 1. The van der Waals surface area contributed by atoms with Crippen LogP contribution in [0.1, 0.15) is 49.1 Å². The number of aryl methyl sites for hydroxylation is 1. The second-order valence-corrected chi connectivity index (χ2v) is 5.98. The number of hydrogen-bond donors (Lipinski definition) is 2. The fourth-order valence-corrected chi connectivity index (χ4v) is 3.51. The molecule has 1 saturated carbocycles. The molecule has 1 aromatic heterocycles. The summed E-state index contributed by atoms with van der Waals surface area (Å²) in [5, 5.41) is 4.70. The van der Waals surface area contributed by atoms with Crippen molar-refractivity contribution in [3.63, 3.8) is 0 Å². The molecule has 1 fully saturated rings. The largest absolute Gasteiger partial charge is 0.359 e. The van der Waals surface area contributed by atoms with E-state index in [0.717, 1.165) is 17.2 Å². The van der Waals surface area contributed by atoms with Gasteiger partial charge < -0.3 is 11.1 Å². The maximum absolute atomic E-state index is 5.60. The summed E-state index contributed by atoms with van der Waals surface area (Å²) in [5.74, 6) is 0. The monoisotopic (exact) mass is 253 g/mol. The van der Waals surface area contributed by atoms with E-state index < -0.39 is 0 Å². The van der Waals surface area contributed by atoms with Crippen molar-refractivity contribution in [2.24, 2.45) is 5.73 Å². The molecule has 0 unspecified atom stereocenters. The summed E-state index contributed by atoms with van der Waals surface area (Å²) >= 11 is 1.78. The van der Waals surface area contributed by atoms with Gasteiger partial charge in [-0.2, -0.15) is 0 Å². The molecule has 4 heteroatoms. The molecule has 0 amide bonds. The van der Waals surface area contributed by atoms with Gasteiger partial charge in [0, 0.05) is 10.9 Å². The van der Waals surface area contributed by atoms with Gasteiger partial charge in [-0.1, -0.05) is 25.7 Å². The van der Waals surface area contributed by atoms with Crippen LogP contribution in [0.4, 0.5) is 5.13 Å². The average molecular weight is 253 g/mol. The minimum atomic E-state index is 0.633. The zero-order chi connectivity index (χ0) is 12.1. The van der Waals surface area contributed by atoms with E-state index in [4.69, 9.17) is 5.73 Å². The molecule has 1 heterocycles. The molecule has 1 aliphatic rings. The molecule has 0 spiro atoms. The Hall–Kier alpha value is -0.610. The molecule has 0 atom stereocenters. The van der Waals surface area contributed by atoms with Crippen LogP contribution in [-0.2, 0) is 6.42 Å². The number of rotatable bonds is 4. The highest BCUT2D eigenvalue weighted by molar-refractivity contribution is 7.15. The maximum Gasteiger partial charge on any atom is 0.183 e. The predicted octanol–water partition coefficient (Wildman–Crippen LogP) is 3.09. The SMILES string of the molecule is Cc1nc(NC2CCCCCC2)sc1CCN. The summed E-state index contributed by atoms with van der Waals surface area (Å²) < 4.78 is 0. The maximum atomic E-state index is 5.60. The van der Waals surface area contributed by atoms with Gasteiger partial charge in [0.25, 0.3) is 0 Å². The van der Waals surface area contributed by atoms with Gasteiger partial charge in [0.15, 0.2) is 5.13 Å². The van der Waals surface area contributed by atoms with Crippen molar-refractivity contribution in [1.29, 1.82) is 0 Å². The summed E-state index contributed by atoms with van der Waals surface area (Å²) in [5.41, 5.74) is 6.75. The van der Waals surface area contributed by atoms with Gasteiger partial charge in [-0.05, 0) is 32.7 Å². The molecule has 0 bridgehead atoms. The van der Waals surface area contributed by atoms with Crippen molar-refractivity contribution < 1.29 is 0 Å². The van der Waals surface area contributed by atoms with Gasteiger partial charge in [-0.3, -0.25) is 0 Å². The van der Waals surface area contributed by atoms with Crippen molar-refractivity contribution in [3.8, 4) is 0 Å². The summed E-state index contributed by atoms with van der Waals surface area (Å²) in [4.78, 5) is 5.94. The standard InChI is InChI=1S/C13H23N3S/c1-10-12(8-9-14)17-13(15-10)16-11-6-4-2-3-5-7-11/h11H,2-9,14H2,1H3,(H,15,16). The Morgan fingerprint density at radius 2 is 2.00 bits per heavy atom. The van der Waals surface area contributed by atoms with Crippen LogP contribution in [0.15, 0.2) is 0 Å². The van der Waals surface area contributed by atoms with Crippen molar-refractivity contribution in [1.82, 2.24) is 4.98 Å². The molecule has 17 heavy (non-hydrogen) atoms. The Labute approximate surface area is 108 Å². The fraction of sp³-hybridized carbons (Fsp3) is 0.769. The highest BCUT2D eigenvalue weighted by atomic mass is 32.1. The Kier molecular flexibility index (Phi) is 4.80. The molecule has 0 saturated heterocycles. The van der Waals surface area contributed by atoms with E-state index in [1.54, 1.807) is 11.3 Å². The highest BCUT2D eigenvalue weighted by Gasteiger charge is 2.14. The number of anilines is 1. The Bertz CT molecular complexity index is 340. The van der Waals surface area contributed by atoms with Crippen LogP contribution in [0.5, 0.6) is 0 Å². The van der Waals surface area contributed by atoms with Crippen LogP contribution in [-0.4, -0.2) is 17.6 Å². The van der Waals surface area contributed by atoms with Crippen LogP contribution in [0.2, 0.25) is 0 Å². The third kappa shape index (κ3) is 3.68. The third-order valence-corrected chi connectivity index (χ3v) is 4.60. The van der Waals surface area contributed by atoms with E-state index in [0.29, 0.717) is 12.6 Å². The van der Waals surface area contributed by atoms with E-state index >= 15 is 0 Å². The minimum Gasteiger partial charge on any atom is -0.359 e. The smallest absolute Gasteiger partial charge is 0.183 e. The zero-order valence-electron chi connectivity index (χ0n) is 10.7. The zero-order valence-corrected chi connectivity index (χ0v) is 11.5. The molecule has 1 aliphatic carbocycles. The van der Waals surface area contributed by atoms with E-state index in [9.17, 15) is 0 Å². The van der Waals surface area contributed by atoms with Gasteiger partial charge in [-0.25, -0.2) is 4.98 Å². The van der Waals surface area contributed by atoms with Gasteiger partial charge in [0.2, 0.25) is 0 Å². The van der Waals surface area contributed by atoms with E-state index in [1.165, 1.54) is 43.4 Å². The minimum absolute atomic E-state index is 0.633. The van der Waals surface area contributed by atoms with Crippen LogP contribution < -0.4 is 11.1 Å². The van der Waals surface area contributed by atoms with Crippen molar-refractivity contribution >= 4 is 16.5 Å². The molecule has 1 aromatic rings. The molecule has 0 aliphatic heterocycles. The van der Waals surface area contributed by atoms with Gasteiger partial charge in [0.05, 0.1) is 5.69 Å². The van der Waals surface area contributed by atoms with Gasteiger partial charge >= 0.3 is 0 Å². The molecule has 0 radical (unpaired) electrons. The van der Waals surface area contributed by atoms with Crippen molar-refractivity contribution in [3.05, 3.63) is 10.6 Å². The predicted molar refractivity (Wildman–Crippen MR) is 74.7 cm³/mol. The van der Waals surface area contributed by atoms with Crippen LogP contribution in [0.3, 0.4) is 0 Å².